The molecule has 0 atom stereocenters. The quantitative estimate of drug-likeness (QED) is 0.501. The molecule has 0 saturated heterocycles. The summed E-state index contributed by atoms with van der Waals surface area (Å²) in [5.41, 5.74) is -0.276. The second-order valence-electron chi connectivity index (χ2n) is 4.39. The second kappa shape index (κ2) is 10.4. The van der Waals surface area contributed by atoms with Gasteiger partial charge in [0.05, 0.1) is 5.41 Å². The molecular formula is C18H22. The topological polar surface area (TPSA) is 0 Å². The van der Waals surface area contributed by atoms with Gasteiger partial charge < -0.3 is 0 Å². The summed E-state index contributed by atoms with van der Waals surface area (Å²) in [4.78, 5) is 0. The Morgan fingerprint density at radius 2 is 1.33 bits per heavy atom. The van der Waals surface area contributed by atoms with Gasteiger partial charge in [-0.1, -0.05) is 56.3 Å². The van der Waals surface area contributed by atoms with Gasteiger partial charge in [-0.25, -0.2) is 0 Å². The normalized spacial score (nSPS) is 8.44. The van der Waals surface area contributed by atoms with Crippen LogP contribution in [-0.2, 0) is 0 Å². The van der Waals surface area contributed by atoms with Gasteiger partial charge in [-0.15, -0.1) is 0 Å². The highest BCUT2D eigenvalue weighted by Gasteiger charge is 2.17. The van der Waals surface area contributed by atoms with Crippen molar-refractivity contribution in [2.45, 2.75) is 59.8 Å². The summed E-state index contributed by atoms with van der Waals surface area (Å²) in [5.74, 6) is 23.2. The van der Waals surface area contributed by atoms with Crippen LogP contribution in [0.15, 0.2) is 0 Å². The van der Waals surface area contributed by atoms with E-state index in [0.29, 0.717) is 0 Å². The highest BCUT2D eigenvalue weighted by atomic mass is 14.2. The fraction of sp³-hybridized carbons (Fsp3) is 0.556. The molecular weight excluding hydrogens is 216 g/mol. The van der Waals surface area contributed by atoms with E-state index in [1.165, 1.54) is 19.3 Å². The van der Waals surface area contributed by atoms with Crippen molar-refractivity contribution >= 4 is 0 Å². The molecule has 0 amide bonds. The number of unbranched alkanes of at least 4 members (excludes halogenated alkanes) is 3. The average Bonchev–Trinajstić information content (AvgIpc) is 2.36. The van der Waals surface area contributed by atoms with E-state index in [1.54, 1.807) is 13.8 Å². The predicted octanol–water partition coefficient (Wildman–Crippen LogP) is 4.02. The molecule has 0 heteroatoms. The monoisotopic (exact) mass is 238 g/mol. The maximum absolute atomic E-state index is 3.17. The van der Waals surface area contributed by atoms with Crippen LogP contribution < -0.4 is 0 Å². The van der Waals surface area contributed by atoms with E-state index in [2.05, 4.69) is 61.2 Å². The second-order valence-corrected chi connectivity index (χ2v) is 4.39. The largest absolute Gasteiger partial charge is 0.0925 e. The summed E-state index contributed by atoms with van der Waals surface area (Å²) in [5, 5.41) is 0. The Bertz CT molecular complexity index is 425. The lowest BCUT2D eigenvalue weighted by Crippen LogP contribution is -2.11. The van der Waals surface area contributed by atoms with Gasteiger partial charge in [0.2, 0.25) is 0 Å². The molecule has 0 radical (unpaired) electrons. The Labute approximate surface area is 113 Å². The summed E-state index contributed by atoms with van der Waals surface area (Å²) in [6.45, 7) is 7.88. The van der Waals surface area contributed by atoms with Crippen LogP contribution in [0.5, 0.6) is 0 Å². The minimum absolute atomic E-state index is 0.276. The summed E-state index contributed by atoms with van der Waals surface area (Å²) < 4.78 is 0. The van der Waals surface area contributed by atoms with Crippen molar-refractivity contribution in [3.05, 3.63) is 0 Å². The zero-order chi connectivity index (χ0) is 13.7. The molecule has 0 aromatic carbocycles. The minimum Gasteiger partial charge on any atom is -0.0925 e. The summed E-state index contributed by atoms with van der Waals surface area (Å²) in [6, 6.07) is 0. The van der Waals surface area contributed by atoms with Gasteiger partial charge in [-0.3, -0.25) is 0 Å². The van der Waals surface area contributed by atoms with Gasteiger partial charge in [-0.05, 0) is 50.9 Å². The molecule has 0 unspecified atom stereocenters. The van der Waals surface area contributed by atoms with Crippen LogP contribution in [0, 0.1) is 52.8 Å². The number of rotatable bonds is 5. The lowest BCUT2D eigenvalue weighted by atomic mass is 9.85. The smallest absolute Gasteiger partial charge is 0.0911 e. The van der Waals surface area contributed by atoms with Crippen LogP contribution in [0.1, 0.15) is 59.8 Å². The Morgan fingerprint density at radius 3 is 1.78 bits per heavy atom. The van der Waals surface area contributed by atoms with E-state index in [0.717, 1.165) is 12.8 Å². The van der Waals surface area contributed by atoms with Crippen LogP contribution in [-0.4, -0.2) is 0 Å². The van der Waals surface area contributed by atoms with E-state index in [-0.39, 0.29) is 5.41 Å². The Hall–Kier alpha value is -1.76. The zero-order valence-corrected chi connectivity index (χ0v) is 12.0. The summed E-state index contributed by atoms with van der Waals surface area (Å²) >= 11 is 0. The first-order valence-corrected chi connectivity index (χ1v) is 6.56. The van der Waals surface area contributed by atoms with Gasteiger partial charge in [-0.2, -0.15) is 0 Å². The van der Waals surface area contributed by atoms with E-state index < -0.39 is 0 Å². The van der Waals surface area contributed by atoms with Crippen LogP contribution >= 0.6 is 0 Å². The molecule has 0 heterocycles. The highest BCUT2D eigenvalue weighted by Crippen LogP contribution is 2.23. The Balaban J connectivity index is 4.69. The first-order chi connectivity index (χ1) is 8.68. The first-order valence-electron chi connectivity index (χ1n) is 6.56. The van der Waals surface area contributed by atoms with Gasteiger partial charge in [0.1, 0.15) is 0 Å². The lowest BCUT2D eigenvalue weighted by molar-refractivity contribution is 0.492. The number of hydrogen-bond acceptors (Lipinski definition) is 0. The van der Waals surface area contributed by atoms with Crippen molar-refractivity contribution in [1.82, 2.24) is 0 Å². The average molecular weight is 238 g/mol. The van der Waals surface area contributed by atoms with Crippen LogP contribution in [0.3, 0.4) is 0 Å². The third kappa shape index (κ3) is 8.40. The van der Waals surface area contributed by atoms with Crippen molar-refractivity contribution in [2.75, 3.05) is 0 Å². The molecule has 0 aromatic rings. The summed E-state index contributed by atoms with van der Waals surface area (Å²) in [7, 11) is 0. The maximum atomic E-state index is 3.17. The Morgan fingerprint density at radius 1 is 0.778 bits per heavy atom. The first kappa shape index (κ1) is 16.2. The van der Waals surface area contributed by atoms with Gasteiger partial charge in [0, 0.05) is 0 Å². The minimum atomic E-state index is -0.276. The van der Waals surface area contributed by atoms with E-state index >= 15 is 0 Å². The molecule has 94 valence electrons. The van der Waals surface area contributed by atoms with Gasteiger partial charge >= 0.3 is 0 Å². The number of hydrogen-bond donors (Lipinski definition) is 0. The fourth-order valence-corrected chi connectivity index (χ4v) is 1.52. The molecule has 0 spiro atoms. The van der Waals surface area contributed by atoms with Crippen molar-refractivity contribution in [1.29, 1.82) is 0 Å². The standard InChI is InChI=1S/C18H22/c1-5-8-11-14-17-18(4,15-12-9-6-2)16-13-10-7-3/h5,8,11,14,17H2,1-4H3. The zero-order valence-electron chi connectivity index (χ0n) is 12.0. The molecule has 0 bridgehead atoms. The van der Waals surface area contributed by atoms with Crippen LogP contribution in [0.2, 0.25) is 0 Å². The Kier molecular flexibility index (Phi) is 9.38. The fourth-order valence-electron chi connectivity index (χ4n) is 1.52. The third-order valence-electron chi connectivity index (χ3n) is 2.58. The van der Waals surface area contributed by atoms with Gasteiger partial charge in [0.15, 0.2) is 0 Å². The maximum Gasteiger partial charge on any atom is 0.0911 e. The molecule has 0 aliphatic rings. The van der Waals surface area contributed by atoms with E-state index in [9.17, 15) is 0 Å². The molecule has 0 aliphatic heterocycles. The molecule has 0 aromatic heterocycles. The third-order valence-corrected chi connectivity index (χ3v) is 2.58. The van der Waals surface area contributed by atoms with Crippen molar-refractivity contribution in [3.63, 3.8) is 0 Å². The molecule has 0 aliphatic carbocycles. The van der Waals surface area contributed by atoms with Crippen LogP contribution in [0.4, 0.5) is 0 Å². The molecule has 0 N–H and O–H groups in total. The highest BCUT2D eigenvalue weighted by molar-refractivity contribution is 5.36. The molecule has 0 saturated carbocycles. The summed E-state index contributed by atoms with van der Waals surface area (Å²) in [6.07, 6.45) is 5.92. The molecule has 0 rings (SSSR count). The molecule has 0 nitrogen and oxygen atoms in total. The van der Waals surface area contributed by atoms with Crippen LogP contribution in [0.25, 0.3) is 0 Å². The van der Waals surface area contributed by atoms with Gasteiger partial charge in [0.25, 0.3) is 0 Å². The van der Waals surface area contributed by atoms with Crippen molar-refractivity contribution < 1.29 is 0 Å². The van der Waals surface area contributed by atoms with Crippen molar-refractivity contribution in [2.24, 2.45) is 5.41 Å². The molecule has 18 heavy (non-hydrogen) atoms. The SMILES string of the molecule is CC#CC#CC(C)(C#CC#CC)CCCCCC. The van der Waals surface area contributed by atoms with E-state index in [4.69, 9.17) is 0 Å². The lowest BCUT2D eigenvalue weighted by Gasteiger charge is -2.15. The van der Waals surface area contributed by atoms with Crippen molar-refractivity contribution in [3.8, 4) is 47.4 Å². The molecule has 0 fully saturated rings. The van der Waals surface area contributed by atoms with E-state index in [1.807, 2.05) is 0 Å². The predicted molar refractivity (Wildman–Crippen MR) is 79.3 cm³/mol.